The van der Waals surface area contributed by atoms with Gasteiger partial charge in [-0.25, -0.2) is 6.10 Å². The zero-order chi connectivity index (χ0) is 3.58. The largest absolute Gasteiger partial charge is 0.563 e. The molecule has 0 spiro atoms. The van der Waals surface area contributed by atoms with Crippen molar-refractivity contribution in [1.82, 2.24) is 0 Å². The van der Waals surface area contributed by atoms with Gasteiger partial charge in [0.25, 0.3) is 0 Å². The maximum Gasteiger partial charge on any atom is 0 e. The average molecular weight is 301 g/mol. The monoisotopic (exact) mass is 301 g/mol. The van der Waals surface area contributed by atoms with Crippen LogP contribution in [0.5, 0.6) is 0 Å². The first-order valence-corrected chi connectivity index (χ1v) is 1.22. The Morgan fingerprint density at radius 3 is 1.33 bits per heavy atom. The van der Waals surface area contributed by atoms with Crippen LogP contribution in [-0.2, 0) is 0 Å². The molecule has 0 amide bonds. The Morgan fingerprint density at radius 1 is 1.33 bits per heavy atom. The van der Waals surface area contributed by atoms with Crippen LogP contribution in [0.1, 0.15) is 13.8 Å². The Morgan fingerprint density at radius 2 is 1.33 bits per heavy atom. The van der Waals surface area contributed by atoms with E-state index in [0.717, 1.165) is 0 Å². The van der Waals surface area contributed by atoms with E-state index in [9.17, 15) is 0 Å². The molecule has 0 aromatic heterocycles. The third-order valence-electron chi connectivity index (χ3n) is 0. The molecule has 0 aromatic carbocycles. The van der Waals surface area contributed by atoms with Gasteiger partial charge in [0, 0.05) is 44.1 Å². The summed E-state index contributed by atoms with van der Waals surface area (Å²) in [5.74, 6) is 0. The molecule has 0 saturated carbocycles. The van der Waals surface area contributed by atoms with Crippen LogP contribution in [0.2, 0.25) is 0 Å². The Balaban J connectivity index is -0.0000000450. The summed E-state index contributed by atoms with van der Waals surface area (Å²) >= 11 is 0. The smallest absolute Gasteiger partial charge is 0 e. The van der Waals surface area contributed by atoms with E-state index in [1.807, 2.05) is 0 Å². The fourth-order valence-electron chi connectivity index (χ4n) is 0. The number of rotatable bonds is 0. The van der Waals surface area contributed by atoms with E-state index in [1.54, 1.807) is 13.8 Å². The molecule has 0 aliphatic carbocycles. The van der Waals surface area contributed by atoms with Crippen LogP contribution in [0.4, 0.5) is 0 Å². The van der Waals surface area contributed by atoms with Gasteiger partial charge in [-0.05, 0) is 0 Å². The maximum absolute atomic E-state index is 7.97. The summed E-state index contributed by atoms with van der Waals surface area (Å²) in [6.07, 6.45) is 0.417. The van der Waals surface area contributed by atoms with Crippen molar-refractivity contribution in [1.29, 1.82) is 0 Å². The summed E-state index contributed by atoms with van der Waals surface area (Å²) in [6.45, 7) is 3.28. The molecule has 0 aliphatic rings. The second-order valence-electron chi connectivity index (χ2n) is 0.947. The van der Waals surface area contributed by atoms with Crippen molar-refractivity contribution in [2.24, 2.45) is 0 Å². The van der Waals surface area contributed by atoms with Gasteiger partial charge >= 0.3 is 0 Å². The molecule has 0 aliphatic heterocycles. The van der Waals surface area contributed by atoms with E-state index in [2.05, 4.69) is 0 Å². The van der Waals surface area contributed by atoms with Crippen LogP contribution in [-0.4, -0.2) is 5.11 Å². The summed E-state index contributed by atoms with van der Waals surface area (Å²) < 4.78 is 0. The van der Waals surface area contributed by atoms with Gasteiger partial charge in [-0.1, -0.05) is 0 Å². The molecule has 0 unspecified atom stereocenters. The fourth-order valence-corrected chi connectivity index (χ4v) is 0. The molecule has 0 aromatic rings. The first-order chi connectivity index (χ1) is 1.73. The summed E-state index contributed by atoms with van der Waals surface area (Å²) in [5, 5.41) is 7.97. The predicted octanol–water partition coefficient (Wildman–Crippen LogP) is 1.38. The second-order valence-corrected chi connectivity index (χ2v) is 0.947. The van der Waals surface area contributed by atoms with Crippen molar-refractivity contribution in [2.75, 3.05) is 0 Å². The summed E-state index contributed by atoms with van der Waals surface area (Å²) in [7, 11) is 0. The first kappa shape index (κ1) is 15.7. The number of aliphatic hydroxyl groups excluding tert-OH is 1. The van der Waals surface area contributed by atoms with Gasteiger partial charge in [-0.2, -0.15) is 13.8 Å². The van der Waals surface area contributed by atoms with E-state index in [1.165, 1.54) is 0 Å². The Kier molecular flexibility index (Phi) is 25.2. The number of hydrogen-bond acceptors (Lipinski definition) is 1. The van der Waals surface area contributed by atoms with Gasteiger partial charge in [-0.3, -0.25) is 0 Å². The molecule has 0 atom stereocenters. The molecule has 1 nitrogen and oxygen atoms in total. The Labute approximate surface area is 75.7 Å². The van der Waals surface area contributed by atoms with E-state index in [0.29, 0.717) is 6.10 Å². The third kappa shape index (κ3) is 53.3. The Hall–Kier alpha value is 1.40. The summed E-state index contributed by atoms with van der Waals surface area (Å²) in [5.41, 5.74) is 0. The standard InChI is InChI=1S/C3H7O.CH3.Ac/c1-3(2)4;;/h4H,1-2H3;1H3;/q2*-1;. The van der Waals surface area contributed by atoms with Gasteiger partial charge in [0.05, 0.1) is 0 Å². The maximum atomic E-state index is 7.97. The van der Waals surface area contributed by atoms with Gasteiger partial charge < -0.3 is 12.5 Å². The Bertz CT molecular complexity index is 12.3. The molecule has 1 N–H and O–H groups in total. The van der Waals surface area contributed by atoms with Gasteiger partial charge in [-0.15, -0.1) is 0 Å². The minimum Gasteiger partial charge on any atom is -0.563 e. The van der Waals surface area contributed by atoms with Crippen molar-refractivity contribution < 1.29 is 49.2 Å². The van der Waals surface area contributed by atoms with Crippen LogP contribution in [0.25, 0.3) is 0 Å². The second kappa shape index (κ2) is 9.64. The fraction of sp³-hybridized carbons (Fsp3) is 0.500. The molecule has 0 fully saturated rings. The minimum absolute atomic E-state index is 0. The zero-order valence-corrected chi connectivity index (χ0v) is 9.27. The SMILES string of the molecule is C[C-](C)O.[Ac].[CH3-]. The number of hydrogen-bond donors (Lipinski definition) is 1. The minimum atomic E-state index is 0. The van der Waals surface area contributed by atoms with Crippen molar-refractivity contribution in [3.8, 4) is 0 Å². The summed E-state index contributed by atoms with van der Waals surface area (Å²) in [6, 6.07) is 0. The van der Waals surface area contributed by atoms with E-state index < -0.39 is 0 Å². The quantitative estimate of drug-likeness (QED) is 0.670. The van der Waals surface area contributed by atoms with E-state index in [4.69, 9.17) is 5.11 Å². The summed E-state index contributed by atoms with van der Waals surface area (Å²) in [4.78, 5) is 0. The predicted molar refractivity (Wildman–Crippen MR) is 22.9 cm³/mol. The van der Waals surface area contributed by atoms with Crippen molar-refractivity contribution in [3.63, 3.8) is 0 Å². The van der Waals surface area contributed by atoms with E-state index >= 15 is 0 Å². The molecule has 0 heterocycles. The molecule has 0 bridgehead atoms. The number of aliphatic hydroxyl groups is 1. The van der Waals surface area contributed by atoms with Gasteiger partial charge in [0.2, 0.25) is 0 Å². The average Bonchev–Trinajstić information content (AvgIpc) is 0.811. The van der Waals surface area contributed by atoms with Crippen molar-refractivity contribution in [2.45, 2.75) is 13.8 Å². The first-order valence-electron chi connectivity index (χ1n) is 1.22. The van der Waals surface area contributed by atoms with Crippen LogP contribution >= 0.6 is 0 Å². The molecular formula is C4H10AcO-2. The molecule has 0 rings (SSSR count). The van der Waals surface area contributed by atoms with Crippen LogP contribution in [0, 0.1) is 57.6 Å². The zero-order valence-electron chi connectivity index (χ0n) is 4.52. The molecule has 2 heteroatoms. The molecular weight excluding hydrogens is 291 g/mol. The molecule has 37 valence electrons. The topological polar surface area (TPSA) is 20.2 Å². The molecule has 6 heavy (non-hydrogen) atoms. The van der Waals surface area contributed by atoms with Crippen molar-refractivity contribution >= 4 is 0 Å². The van der Waals surface area contributed by atoms with E-state index in [-0.39, 0.29) is 51.5 Å². The van der Waals surface area contributed by atoms with Crippen LogP contribution in [0.3, 0.4) is 0 Å². The van der Waals surface area contributed by atoms with Crippen molar-refractivity contribution in [3.05, 3.63) is 13.5 Å². The van der Waals surface area contributed by atoms with Gasteiger partial charge in [0.1, 0.15) is 0 Å². The van der Waals surface area contributed by atoms with Gasteiger partial charge in [0.15, 0.2) is 0 Å². The third-order valence-corrected chi connectivity index (χ3v) is 0. The molecule has 1 radical (unpaired) electrons. The van der Waals surface area contributed by atoms with Crippen LogP contribution < -0.4 is 0 Å². The normalized spacial score (nSPS) is 6.00. The molecule has 0 saturated heterocycles. The van der Waals surface area contributed by atoms with Crippen LogP contribution in [0.15, 0.2) is 0 Å².